The number of carbonyl (C=O) groups is 2. The molecule has 4 heterocycles. The molecule has 0 bridgehead atoms. The van der Waals surface area contributed by atoms with Crippen LogP contribution in [-0.2, 0) is 4.79 Å². The topological polar surface area (TPSA) is 86.1 Å². The Labute approximate surface area is 245 Å². The number of halogens is 3. The van der Waals surface area contributed by atoms with E-state index >= 15 is 0 Å². The summed E-state index contributed by atoms with van der Waals surface area (Å²) < 4.78 is 44.5. The monoisotopic (exact) mass is 589 g/mol. The van der Waals surface area contributed by atoms with Crippen LogP contribution in [0.1, 0.15) is 41.2 Å². The molecule has 1 saturated carbocycles. The van der Waals surface area contributed by atoms with Crippen molar-refractivity contribution in [3.05, 3.63) is 83.7 Å². The molecule has 0 spiro atoms. The molecule has 12 heteroatoms. The molecule has 3 fully saturated rings. The standard InChI is InChI=1S/C31H30F3N7O2/c32-20-3-8-26(34)24(15-20)27-16-21(33)18-40(27)28-9-10-41-29(37-28)25(17-35-41)30(42)36-22-4-6-23(7-5-22)38-11-13-39(14-12-38)31(43)19-1-2-19/h3-10,15,17,19,21,27H,1-2,11-14,16,18H2,(H,36,42)/t21-,27+/m0/s1. The Bertz CT molecular complexity index is 1680. The predicted octanol–water partition coefficient (Wildman–Crippen LogP) is 4.61. The van der Waals surface area contributed by atoms with E-state index in [9.17, 15) is 22.8 Å². The highest BCUT2D eigenvalue weighted by Crippen LogP contribution is 2.38. The minimum Gasteiger partial charge on any atom is -0.368 e. The highest BCUT2D eigenvalue weighted by molar-refractivity contribution is 6.08. The summed E-state index contributed by atoms with van der Waals surface area (Å²) in [5.41, 5.74) is 2.14. The van der Waals surface area contributed by atoms with Gasteiger partial charge >= 0.3 is 0 Å². The van der Waals surface area contributed by atoms with Crippen molar-refractivity contribution in [1.82, 2.24) is 19.5 Å². The lowest BCUT2D eigenvalue weighted by Crippen LogP contribution is -2.49. The van der Waals surface area contributed by atoms with Crippen molar-refractivity contribution in [2.45, 2.75) is 31.5 Å². The molecule has 7 rings (SSSR count). The molecule has 9 nitrogen and oxygen atoms in total. The first-order valence-electron chi connectivity index (χ1n) is 14.5. The average molecular weight is 590 g/mol. The summed E-state index contributed by atoms with van der Waals surface area (Å²) in [6.07, 6.45) is 3.76. The number of hydrogen-bond donors (Lipinski definition) is 1. The number of rotatable bonds is 6. The first-order valence-corrected chi connectivity index (χ1v) is 14.5. The lowest BCUT2D eigenvalue weighted by atomic mass is 10.0. The van der Waals surface area contributed by atoms with E-state index in [1.807, 2.05) is 29.2 Å². The molecule has 2 atom stereocenters. The number of amides is 2. The van der Waals surface area contributed by atoms with Crippen molar-refractivity contribution < 1.29 is 22.8 Å². The summed E-state index contributed by atoms with van der Waals surface area (Å²) in [4.78, 5) is 36.0. The molecule has 2 amide bonds. The summed E-state index contributed by atoms with van der Waals surface area (Å²) in [5.74, 6) is -0.801. The van der Waals surface area contributed by atoms with Crippen molar-refractivity contribution in [3.8, 4) is 0 Å². The third-order valence-corrected chi connectivity index (χ3v) is 8.47. The summed E-state index contributed by atoms with van der Waals surface area (Å²) >= 11 is 0. The van der Waals surface area contributed by atoms with E-state index in [-0.39, 0.29) is 41.6 Å². The van der Waals surface area contributed by atoms with Gasteiger partial charge in [0, 0.05) is 61.7 Å². The molecular weight excluding hydrogens is 559 g/mol. The number of aromatic nitrogens is 3. The lowest BCUT2D eigenvalue weighted by molar-refractivity contribution is -0.132. The number of alkyl halides is 1. The molecule has 222 valence electrons. The number of carbonyl (C=O) groups excluding carboxylic acids is 2. The first kappa shape index (κ1) is 27.2. The van der Waals surface area contributed by atoms with E-state index in [0.717, 1.165) is 49.8 Å². The molecule has 0 unspecified atom stereocenters. The number of piperazine rings is 1. The van der Waals surface area contributed by atoms with Crippen LogP contribution >= 0.6 is 0 Å². The van der Waals surface area contributed by atoms with Crippen LogP contribution in [0, 0.1) is 17.6 Å². The second-order valence-corrected chi connectivity index (χ2v) is 11.4. The van der Waals surface area contributed by atoms with Crippen molar-refractivity contribution in [2.24, 2.45) is 5.92 Å². The van der Waals surface area contributed by atoms with Crippen LogP contribution in [-0.4, -0.2) is 70.2 Å². The molecule has 3 aliphatic rings. The zero-order valence-corrected chi connectivity index (χ0v) is 23.3. The first-order chi connectivity index (χ1) is 20.8. The fraction of sp³-hybridized carbons (Fsp3) is 0.355. The molecule has 0 radical (unpaired) electrons. The minimum atomic E-state index is -1.25. The van der Waals surface area contributed by atoms with E-state index in [1.165, 1.54) is 10.7 Å². The Balaban J connectivity index is 1.06. The van der Waals surface area contributed by atoms with Crippen LogP contribution < -0.4 is 15.1 Å². The maximum absolute atomic E-state index is 14.6. The van der Waals surface area contributed by atoms with E-state index in [4.69, 9.17) is 0 Å². The van der Waals surface area contributed by atoms with Gasteiger partial charge in [-0.15, -0.1) is 0 Å². The van der Waals surface area contributed by atoms with E-state index in [0.29, 0.717) is 24.6 Å². The average Bonchev–Trinajstić information content (AvgIpc) is 3.67. The van der Waals surface area contributed by atoms with Gasteiger partial charge in [-0.25, -0.2) is 22.7 Å². The van der Waals surface area contributed by atoms with E-state index in [1.54, 1.807) is 17.2 Å². The molecule has 1 N–H and O–H groups in total. The maximum atomic E-state index is 14.6. The quantitative estimate of drug-likeness (QED) is 0.354. The molecule has 2 saturated heterocycles. The van der Waals surface area contributed by atoms with Gasteiger partial charge in [0.1, 0.15) is 29.2 Å². The van der Waals surface area contributed by atoms with Crippen molar-refractivity contribution in [2.75, 3.05) is 47.8 Å². The zero-order chi connectivity index (χ0) is 29.7. The van der Waals surface area contributed by atoms with Gasteiger partial charge in [0.05, 0.1) is 18.8 Å². The highest BCUT2D eigenvalue weighted by atomic mass is 19.1. The summed E-state index contributed by atoms with van der Waals surface area (Å²) in [6, 6.07) is 11.5. The second-order valence-electron chi connectivity index (χ2n) is 11.4. The Morgan fingerprint density at radius 3 is 2.47 bits per heavy atom. The molecular formula is C31H30F3N7O2. The van der Waals surface area contributed by atoms with Gasteiger partial charge in [0.2, 0.25) is 5.91 Å². The van der Waals surface area contributed by atoms with Crippen LogP contribution in [0.25, 0.3) is 5.65 Å². The molecule has 43 heavy (non-hydrogen) atoms. The zero-order valence-electron chi connectivity index (χ0n) is 23.3. The highest BCUT2D eigenvalue weighted by Gasteiger charge is 2.37. The number of nitrogens with one attached hydrogen (secondary N) is 1. The van der Waals surface area contributed by atoms with Crippen LogP contribution in [0.15, 0.2) is 60.9 Å². The summed E-state index contributed by atoms with van der Waals surface area (Å²) in [6.45, 7) is 2.89. The second kappa shape index (κ2) is 10.9. The Kier molecular flexibility index (Phi) is 6.91. The molecule has 2 aliphatic heterocycles. The van der Waals surface area contributed by atoms with Gasteiger partial charge < -0.3 is 20.0 Å². The van der Waals surface area contributed by atoms with E-state index < -0.39 is 29.8 Å². The fourth-order valence-corrected chi connectivity index (χ4v) is 6.01. The van der Waals surface area contributed by atoms with Crippen LogP contribution in [0.2, 0.25) is 0 Å². The minimum absolute atomic E-state index is 0.00981. The summed E-state index contributed by atoms with van der Waals surface area (Å²) in [7, 11) is 0. The van der Waals surface area contributed by atoms with Crippen LogP contribution in [0.4, 0.5) is 30.4 Å². The molecule has 2 aromatic carbocycles. The van der Waals surface area contributed by atoms with Gasteiger partial charge in [-0.3, -0.25) is 9.59 Å². The molecule has 1 aliphatic carbocycles. The molecule has 2 aromatic heterocycles. The van der Waals surface area contributed by atoms with Gasteiger partial charge in [-0.1, -0.05) is 0 Å². The smallest absolute Gasteiger partial charge is 0.261 e. The largest absolute Gasteiger partial charge is 0.368 e. The van der Waals surface area contributed by atoms with Gasteiger partial charge in [-0.05, 0) is 61.4 Å². The van der Waals surface area contributed by atoms with Crippen molar-refractivity contribution >= 4 is 34.7 Å². The van der Waals surface area contributed by atoms with Crippen molar-refractivity contribution in [1.29, 1.82) is 0 Å². The Hall–Kier alpha value is -4.61. The molecule has 4 aromatic rings. The SMILES string of the molecule is O=C(Nc1ccc(N2CCN(C(=O)C3CC3)CC2)cc1)c1cnn2ccc(N3C[C@@H](F)C[C@@H]3c3cc(F)ccc3F)nc12. The third-order valence-electron chi connectivity index (χ3n) is 8.47. The number of benzene rings is 2. The van der Waals surface area contributed by atoms with Crippen molar-refractivity contribution in [3.63, 3.8) is 0 Å². The predicted molar refractivity (Wildman–Crippen MR) is 155 cm³/mol. The van der Waals surface area contributed by atoms with E-state index in [2.05, 4.69) is 20.3 Å². The normalized spacial score (nSPS) is 20.6. The number of anilines is 3. The maximum Gasteiger partial charge on any atom is 0.261 e. The van der Waals surface area contributed by atoms with Gasteiger partial charge in [0.15, 0.2) is 5.65 Å². The Morgan fingerprint density at radius 2 is 1.72 bits per heavy atom. The van der Waals surface area contributed by atoms with Crippen LogP contribution in [0.3, 0.4) is 0 Å². The van der Waals surface area contributed by atoms with Gasteiger partial charge in [0.25, 0.3) is 5.91 Å². The van der Waals surface area contributed by atoms with Gasteiger partial charge in [-0.2, -0.15) is 5.10 Å². The third kappa shape index (κ3) is 5.37. The number of nitrogens with zero attached hydrogens (tertiary/aromatic N) is 6. The van der Waals surface area contributed by atoms with Crippen LogP contribution in [0.5, 0.6) is 0 Å². The number of fused-ring (bicyclic) bond motifs is 1. The summed E-state index contributed by atoms with van der Waals surface area (Å²) in [5, 5.41) is 7.12. The Morgan fingerprint density at radius 1 is 0.953 bits per heavy atom. The fourth-order valence-electron chi connectivity index (χ4n) is 6.01. The lowest BCUT2D eigenvalue weighted by Gasteiger charge is -2.36. The number of hydrogen-bond acceptors (Lipinski definition) is 6.